The molecule has 0 radical (unpaired) electrons. The van der Waals surface area contributed by atoms with Crippen LogP contribution >= 0.6 is 11.3 Å². The molecule has 178 valence electrons. The number of rotatable bonds is 12. The van der Waals surface area contributed by atoms with E-state index in [4.69, 9.17) is 0 Å². The van der Waals surface area contributed by atoms with Crippen molar-refractivity contribution in [2.45, 2.75) is 52.5 Å². The third-order valence-electron chi connectivity index (χ3n) is 5.66. The Morgan fingerprint density at radius 2 is 1.97 bits per heavy atom. The molecule has 0 unspecified atom stereocenters. The first-order chi connectivity index (χ1) is 16.4. The molecule has 1 aromatic heterocycles. The monoisotopic (exact) mass is 480 g/mol. The Morgan fingerprint density at radius 1 is 1.18 bits per heavy atom. The van der Waals surface area contributed by atoms with Crippen molar-refractivity contribution < 1.29 is 19.1 Å². The van der Waals surface area contributed by atoms with Crippen LogP contribution in [0.4, 0.5) is 15.2 Å². The van der Waals surface area contributed by atoms with Gasteiger partial charge in [-0.2, -0.15) is 0 Å². The minimum atomic E-state index is -1.23. The third kappa shape index (κ3) is 7.29. The molecule has 1 amide bonds. The molecule has 3 rings (SSSR count). The van der Waals surface area contributed by atoms with Crippen LogP contribution in [-0.2, 0) is 24.2 Å². The van der Waals surface area contributed by atoms with Gasteiger partial charge in [0, 0.05) is 35.6 Å². The van der Waals surface area contributed by atoms with Gasteiger partial charge in [0.1, 0.15) is 5.82 Å². The van der Waals surface area contributed by atoms with Gasteiger partial charge in [-0.3, -0.25) is 10.1 Å². The molecule has 3 aromatic rings. The van der Waals surface area contributed by atoms with Crippen molar-refractivity contribution in [3.05, 3.63) is 76.0 Å². The fourth-order valence-corrected chi connectivity index (χ4v) is 4.30. The van der Waals surface area contributed by atoms with Crippen LogP contribution in [0.15, 0.2) is 35.7 Å². The van der Waals surface area contributed by atoms with E-state index < -0.39 is 11.9 Å². The van der Waals surface area contributed by atoms with Crippen LogP contribution in [0.1, 0.15) is 60.3 Å². The van der Waals surface area contributed by atoms with Gasteiger partial charge in [-0.15, -0.1) is 11.3 Å². The second-order valence-corrected chi connectivity index (χ2v) is 8.90. The minimum absolute atomic E-state index is 0.243. The second-order valence-electron chi connectivity index (χ2n) is 8.05. The van der Waals surface area contributed by atoms with Crippen molar-refractivity contribution in [3.63, 3.8) is 0 Å². The lowest BCUT2D eigenvalue weighted by atomic mass is 9.94. The van der Waals surface area contributed by atoms with E-state index in [-0.39, 0.29) is 17.8 Å². The molecule has 2 N–H and O–H groups in total. The number of benzene rings is 1. The molecule has 0 aliphatic rings. The van der Waals surface area contributed by atoms with Gasteiger partial charge in [0.05, 0.1) is 11.3 Å². The van der Waals surface area contributed by atoms with Crippen LogP contribution in [-0.4, -0.2) is 16.9 Å². The second kappa shape index (κ2) is 12.1. The highest BCUT2D eigenvalue weighted by atomic mass is 32.1. The smallest absolute Gasteiger partial charge is 0.265 e. The quantitative estimate of drug-likeness (QED) is 0.401. The Morgan fingerprint density at radius 3 is 2.65 bits per heavy atom. The van der Waals surface area contributed by atoms with E-state index in [1.54, 1.807) is 29.6 Å². The van der Waals surface area contributed by atoms with Crippen LogP contribution < -0.4 is 15.7 Å². The van der Waals surface area contributed by atoms with Crippen molar-refractivity contribution in [2.24, 2.45) is 5.92 Å². The van der Waals surface area contributed by atoms with Gasteiger partial charge in [0.15, 0.2) is 5.13 Å². The summed E-state index contributed by atoms with van der Waals surface area (Å²) in [4.78, 5) is 27.1. The highest BCUT2D eigenvalue weighted by Gasteiger charge is 2.11. The van der Waals surface area contributed by atoms with E-state index >= 15 is 0 Å². The van der Waals surface area contributed by atoms with Gasteiger partial charge in [-0.05, 0) is 54.7 Å². The molecule has 6 nitrogen and oxygen atoms in total. The van der Waals surface area contributed by atoms with Gasteiger partial charge in [-0.1, -0.05) is 38.8 Å². The van der Waals surface area contributed by atoms with E-state index in [0.717, 1.165) is 53.8 Å². The standard InChI is InChI=1S/C26H28FN3O3S/c1-3-17(4-2)5-10-20-13-21(27)11-12-23(20)28-15-18-6-8-19(9-7-18)25(33)30-26-29-22(16-34-26)14-24(31)32/h6,8,11-13,16-17,28H,3-5,10,14-15H2,1-2H3,(H,31,32)(H,29,30,33)/p-1. The van der Waals surface area contributed by atoms with E-state index in [1.807, 2.05) is 0 Å². The number of nitrogens with one attached hydrogen (secondary N) is 2. The van der Waals surface area contributed by atoms with Crippen molar-refractivity contribution in [1.29, 1.82) is 0 Å². The summed E-state index contributed by atoms with van der Waals surface area (Å²) in [6, 6.07) is 14.0. The maximum atomic E-state index is 13.8. The molecular weight excluding hydrogens is 453 g/mol. The summed E-state index contributed by atoms with van der Waals surface area (Å²) in [5.74, 6) is -1.25. The van der Waals surface area contributed by atoms with Crippen LogP contribution in [0.25, 0.3) is 0 Å². The average molecular weight is 481 g/mol. The molecule has 0 saturated carbocycles. The van der Waals surface area contributed by atoms with Gasteiger partial charge in [0.2, 0.25) is 0 Å². The summed E-state index contributed by atoms with van der Waals surface area (Å²) < 4.78 is 13.8. The molecule has 1 heterocycles. The highest BCUT2D eigenvalue weighted by molar-refractivity contribution is 7.14. The number of thiazole rings is 1. The molecule has 0 bridgehead atoms. The lowest BCUT2D eigenvalue weighted by Crippen LogP contribution is -2.24. The Kier molecular flexibility index (Phi) is 9.00. The summed E-state index contributed by atoms with van der Waals surface area (Å²) in [5, 5.41) is 18.5. The molecule has 0 aliphatic heterocycles. The zero-order valence-electron chi connectivity index (χ0n) is 19.2. The molecule has 0 saturated heterocycles. The average Bonchev–Trinajstić information content (AvgIpc) is 3.25. The maximum absolute atomic E-state index is 13.8. The van der Waals surface area contributed by atoms with E-state index in [9.17, 15) is 19.1 Å². The zero-order valence-corrected chi connectivity index (χ0v) is 20.1. The maximum Gasteiger partial charge on any atom is 0.265 e. The molecule has 8 heteroatoms. The Hall–Kier alpha value is -3.44. The summed E-state index contributed by atoms with van der Waals surface area (Å²) >= 11 is 1.14. The highest BCUT2D eigenvalue weighted by Crippen LogP contribution is 2.23. The normalized spacial score (nSPS) is 10.7. The number of nitrogens with zero attached hydrogens (tertiary/aromatic N) is 1. The molecule has 34 heavy (non-hydrogen) atoms. The van der Waals surface area contributed by atoms with Gasteiger partial charge in [-0.25, -0.2) is 9.37 Å². The number of hydrogen-bond acceptors (Lipinski definition) is 6. The van der Waals surface area contributed by atoms with Crippen molar-refractivity contribution in [3.8, 4) is 0 Å². The SMILES string of the molecule is CCC(CC)CCc1cc(F)ccc1NCc1c#cc(C(=O)Nc2nc(CC(=O)[O-])cs2)cc1. The number of aryl methyl sites for hydroxylation is 1. The Balaban J connectivity index is 1.58. The number of anilines is 2. The molecule has 0 aliphatic carbocycles. The minimum Gasteiger partial charge on any atom is -0.550 e. The predicted molar refractivity (Wildman–Crippen MR) is 129 cm³/mol. The number of aliphatic carboxylic acids is 1. The number of carbonyl (C=O) groups is 2. The van der Waals surface area contributed by atoms with Crippen LogP contribution in [0.3, 0.4) is 0 Å². The van der Waals surface area contributed by atoms with Crippen LogP contribution in [0, 0.1) is 23.9 Å². The fourth-order valence-electron chi connectivity index (χ4n) is 3.60. The van der Waals surface area contributed by atoms with Crippen LogP contribution in [0.5, 0.6) is 0 Å². The fraction of sp³-hybridized carbons (Fsp3) is 0.346. The van der Waals surface area contributed by atoms with E-state index in [1.165, 1.54) is 6.07 Å². The number of halogens is 1. The lowest BCUT2D eigenvalue weighted by molar-refractivity contribution is -0.304. The molecule has 0 atom stereocenters. The Labute approximate surface area is 203 Å². The van der Waals surface area contributed by atoms with E-state index in [2.05, 4.69) is 41.6 Å². The Bertz CT molecular complexity index is 1110. The van der Waals surface area contributed by atoms with E-state index in [0.29, 0.717) is 23.3 Å². The number of amides is 1. The predicted octanol–water partition coefficient (Wildman–Crippen LogP) is 4.41. The first-order valence-corrected chi connectivity index (χ1v) is 12.2. The molecule has 0 spiro atoms. The van der Waals surface area contributed by atoms with Crippen molar-refractivity contribution in [2.75, 3.05) is 10.6 Å². The number of hydrogen-bond donors (Lipinski definition) is 2. The first kappa shape index (κ1) is 25.2. The largest absolute Gasteiger partial charge is 0.550 e. The number of carbonyl (C=O) groups excluding carboxylic acids is 2. The first-order valence-electron chi connectivity index (χ1n) is 11.3. The summed E-state index contributed by atoms with van der Waals surface area (Å²) in [6.07, 6.45) is 3.75. The summed E-state index contributed by atoms with van der Waals surface area (Å²) in [7, 11) is 0. The number of carboxylic acid groups (broad SMARTS) is 1. The molecular formula is C26H27FN3O3S-. The number of aromatic nitrogens is 1. The molecule has 2 aromatic carbocycles. The van der Waals surface area contributed by atoms with Crippen molar-refractivity contribution >= 4 is 34.0 Å². The topological polar surface area (TPSA) is 94.2 Å². The summed E-state index contributed by atoms with van der Waals surface area (Å²) in [6.45, 7) is 4.82. The van der Waals surface area contributed by atoms with Gasteiger partial charge >= 0.3 is 0 Å². The zero-order chi connectivity index (χ0) is 24.5. The summed E-state index contributed by atoms with van der Waals surface area (Å²) in [5.41, 5.74) is 3.26. The number of carboxylic acids is 1. The van der Waals surface area contributed by atoms with Gasteiger partial charge in [0.25, 0.3) is 5.91 Å². The van der Waals surface area contributed by atoms with Crippen LogP contribution in [0.2, 0.25) is 0 Å². The van der Waals surface area contributed by atoms with Gasteiger partial charge < -0.3 is 15.2 Å². The third-order valence-corrected chi connectivity index (χ3v) is 6.47. The lowest BCUT2D eigenvalue weighted by Gasteiger charge is -2.15. The molecule has 0 fully saturated rings. The van der Waals surface area contributed by atoms with Crippen molar-refractivity contribution in [1.82, 2.24) is 4.98 Å².